The molecule has 7 heteroatoms. The first kappa shape index (κ1) is 17.5. The molecule has 2 aromatic carbocycles. The Hall–Kier alpha value is -3.61. The Morgan fingerprint density at radius 2 is 1.86 bits per heavy atom. The zero-order chi connectivity index (χ0) is 19.8. The zero-order valence-corrected chi connectivity index (χ0v) is 15.6. The maximum Gasteiger partial charge on any atom is 0.257 e. The maximum absolute atomic E-state index is 12.3. The van der Waals surface area contributed by atoms with Crippen molar-refractivity contribution in [2.45, 2.75) is 12.3 Å². The molecule has 2 heterocycles. The van der Waals surface area contributed by atoms with Gasteiger partial charge in [-0.05, 0) is 30.0 Å². The lowest BCUT2D eigenvalue weighted by molar-refractivity contribution is -0.122. The zero-order valence-electron chi connectivity index (χ0n) is 15.6. The molecule has 1 aliphatic heterocycles. The lowest BCUT2D eigenvalue weighted by Gasteiger charge is -2.18. The Morgan fingerprint density at radius 1 is 1.10 bits per heavy atom. The summed E-state index contributed by atoms with van der Waals surface area (Å²) >= 11 is 0. The third-order valence-corrected chi connectivity index (χ3v) is 5.27. The number of hydrazone groups is 1. The topological polar surface area (TPSA) is 92.8 Å². The van der Waals surface area contributed by atoms with Crippen LogP contribution in [0.3, 0.4) is 0 Å². The molecule has 146 valence electrons. The van der Waals surface area contributed by atoms with E-state index in [1.165, 1.54) is 6.21 Å². The number of carbonyl (C=O) groups excluding carboxylic acids is 1. The largest absolute Gasteiger partial charge is 0.486 e. The van der Waals surface area contributed by atoms with Gasteiger partial charge in [-0.2, -0.15) is 5.10 Å². The second-order valence-corrected chi connectivity index (χ2v) is 7.23. The van der Waals surface area contributed by atoms with Crippen molar-refractivity contribution in [2.24, 2.45) is 11.0 Å². The molecular weight excluding hydrogens is 370 g/mol. The second-order valence-electron chi connectivity index (χ2n) is 7.23. The van der Waals surface area contributed by atoms with E-state index in [1.54, 1.807) is 12.1 Å². The number of fused-ring (bicyclic) bond motifs is 2. The average molecular weight is 389 g/mol. The summed E-state index contributed by atoms with van der Waals surface area (Å²) in [4.78, 5) is 27.4. The minimum Gasteiger partial charge on any atom is -0.486 e. The highest BCUT2D eigenvalue weighted by Crippen LogP contribution is 2.47. The fraction of sp³-hybridized carbons (Fsp3) is 0.227. The average Bonchev–Trinajstić information content (AvgIpc) is 3.54. The molecule has 3 aromatic rings. The van der Waals surface area contributed by atoms with Crippen LogP contribution in [0.4, 0.5) is 0 Å². The van der Waals surface area contributed by atoms with Crippen LogP contribution in [-0.2, 0) is 4.79 Å². The predicted molar refractivity (Wildman–Crippen MR) is 109 cm³/mol. The van der Waals surface area contributed by atoms with Gasteiger partial charge in [0.2, 0.25) is 5.91 Å². The van der Waals surface area contributed by atoms with E-state index in [-0.39, 0.29) is 23.3 Å². The Labute approximate surface area is 166 Å². The Kier molecular flexibility index (Phi) is 4.27. The van der Waals surface area contributed by atoms with Crippen LogP contribution in [0.25, 0.3) is 10.9 Å². The van der Waals surface area contributed by atoms with E-state index < -0.39 is 0 Å². The molecule has 0 bridgehead atoms. The highest BCUT2D eigenvalue weighted by Gasteiger charge is 2.43. The van der Waals surface area contributed by atoms with Crippen molar-refractivity contribution >= 4 is 23.0 Å². The summed E-state index contributed by atoms with van der Waals surface area (Å²) in [6, 6.07) is 15.3. The third-order valence-electron chi connectivity index (χ3n) is 5.27. The van der Waals surface area contributed by atoms with Crippen molar-refractivity contribution in [1.82, 2.24) is 10.4 Å². The number of nitrogens with one attached hydrogen (secondary N) is 2. The summed E-state index contributed by atoms with van der Waals surface area (Å²) in [6.45, 7) is 0.979. The molecule has 2 aliphatic rings. The first-order valence-corrected chi connectivity index (χ1v) is 9.53. The number of ether oxygens (including phenoxy) is 2. The molecule has 7 nitrogen and oxygen atoms in total. The summed E-state index contributed by atoms with van der Waals surface area (Å²) in [7, 11) is 0. The Morgan fingerprint density at radius 3 is 2.66 bits per heavy atom. The summed E-state index contributed by atoms with van der Waals surface area (Å²) in [5.74, 6) is 1.29. The van der Waals surface area contributed by atoms with Gasteiger partial charge in [-0.1, -0.05) is 30.3 Å². The molecule has 5 rings (SSSR count). The van der Waals surface area contributed by atoms with Crippen LogP contribution in [0, 0.1) is 5.92 Å². The molecule has 0 unspecified atom stereocenters. The molecule has 2 N–H and O–H groups in total. The van der Waals surface area contributed by atoms with Gasteiger partial charge in [0, 0.05) is 17.4 Å². The van der Waals surface area contributed by atoms with E-state index >= 15 is 0 Å². The van der Waals surface area contributed by atoms with Crippen molar-refractivity contribution < 1.29 is 14.3 Å². The van der Waals surface area contributed by atoms with Gasteiger partial charge >= 0.3 is 0 Å². The smallest absolute Gasteiger partial charge is 0.257 e. The number of H-pyrrole nitrogens is 1. The van der Waals surface area contributed by atoms with Gasteiger partial charge in [-0.25, -0.2) is 5.43 Å². The number of aromatic amines is 1. The number of benzene rings is 2. The van der Waals surface area contributed by atoms with Crippen LogP contribution >= 0.6 is 0 Å². The first-order valence-electron chi connectivity index (χ1n) is 9.53. The molecule has 1 amide bonds. The fourth-order valence-electron chi connectivity index (χ4n) is 3.66. The van der Waals surface area contributed by atoms with E-state index in [0.29, 0.717) is 35.8 Å². The monoisotopic (exact) mass is 389 g/mol. The Balaban J connectivity index is 1.30. The number of pyridine rings is 1. The summed E-state index contributed by atoms with van der Waals surface area (Å²) in [6.07, 6.45) is 2.18. The van der Waals surface area contributed by atoms with Gasteiger partial charge in [0.15, 0.2) is 11.5 Å². The van der Waals surface area contributed by atoms with Gasteiger partial charge in [-0.3, -0.25) is 9.59 Å². The third kappa shape index (κ3) is 3.47. The molecular formula is C22H19N3O4. The number of rotatable bonds is 4. The lowest BCUT2D eigenvalue weighted by atomic mass is 10.1. The molecule has 0 spiro atoms. The number of carbonyl (C=O) groups is 1. The van der Waals surface area contributed by atoms with E-state index in [9.17, 15) is 9.59 Å². The van der Waals surface area contributed by atoms with Gasteiger partial charge in [0.1, 0.15) is 13.2 Å². The van der Waals surface area contributed by atoms with Crippen molar-refractivity contribution in [1.29, 1.82) is 0 Å². The van der Waals surface area contributed by atoms with E-state index in [4.69, 9.17) is 9.47 Å². The number of hydrogen-bond donors (Lipinski definition) is 2. The second kappa shape index (κ2) is 7.09. The standard InChI is InChI=1S/C22H19N3O4/c26-21-15(8-14-9-19-20(11-18(14)24-21)29-7-6-28-19)12-23-25-22(27)17-10-16(17)13-4-2-1-3-5-13/h1-5,8-9,11-12,16-17H,6-7,10H2,(H,24,26)(H,25,27)/t16-,17+/m1/s1. The van der Waals surface area contributed by atoms with Crippen molar-refractivity contribution in [3.05, 3.63) is 70.0 Å². The number of nitrogens with zero attached hydrogens (tertiary/aromatic N) is 1. The van der Waals surface area contributed by atoms with Crippen molar-refractivity contribution in [3.63, 3.8) is 0 Å². The van der Waals surface area contributed by atoms with E-state index in [1.807, 2.05) is 36.4 Å². The normalized spacial score (nSPS) is 20.0. The van der Waals surface area contributed by atoms with Gasteiger partial charge in [0.25, 0.3) is 5.56 Å². The minimum atomic E-state index is -0.291. The SMILES string of the molecule is O=C(NN=Cc1cc2cc3c(cc2[nH]c1=O)OCCO3)[C@H]1C[C@@H]1c1ccccc1. The van der Waals surface area contributed by atoms with Crippen LogP contribution in [0.15, 0.2) is 58.4 Å². The van der Waals surface area contributed by atoms with E-state index in [0.717, 1.165) is 17.4 Å². The maximum atomic E-state index is 12.3. The van der Waals surface area contributed by atoms with Gasteiger partial charge in [0.05, 0.1) is 17.3 Å². The van der Waals surface area contributed by atoms with Gasteiger partial charge < -0.3 is 14.5 Å². The van der Waals surface area contributed by atoms with Gasteiger partial charge in [-0.15, -0.1) is 0 Å². The molecule has 2 atom stereocenters. The van der Waals surface area contributed by atoms with Crippen LogP contribution in [0.2, 0.25) is 0 Å². The van der Waals surface area contributed by atoms with Crippen LogP contribution < -0.4 is 20.5 Å². The summed E-state index contributed by atoms with van der Waals surface area (Å²) in [5, 5.41) is 4.78. The van der Waals surface area contributed by atoms with Crippen LogP contribution in [0.1, 0.15) is 23.5 Å². The number of amides is 1. The highest BCUT2D eigenvalue weighted by molar-refractivity contribution is 5.90. The molecule has 1 aliphatic carbocycles. The predicted octanol–water partition coefficient (Wildman–Crippen LogP) is 2.55. The van der Waals surface area contributed by atoms with E-state index in [2.05, 4.69) is 15.5 Å². The van der Waals surface area contributed by atoms with Crippen molar-refractivity contribution in [2.75, 3.05) is 13.2 Å². The number of hydrogen-bond acceptors (Lipinski definition) is 5. The molecule has 0 saturated heterocycles. The van der Waals surface area contributed by atoms with Crippen LogP contribution in [-0.4, -0.2) is 30.3 Å². The summed E-state index contributed by atoms with van der Waals surface area (Å²) < 4.78 is 11.1. The molecule has 0 radical (unpaired) electrons. The molecule has 1 aromatic heterocycles. The molecule has 29 heavy (non-hydrogen) atoms. The molecule has 1 saturated carbocycles. The minimum absolute atomic E-state index is 0.0758. The fourth-order valence-corrected chi connectivity index (χ4v) is 3.66. The lowest BCUT2D eigenvalue weighted by Crippen LogP contribution is -2.21. The first-order chi connectivity index (χ1) is 14.2. The van der Waals surface area contributed by atoms with Crippen LogP contribution in [0.5, 0.6) is 11.5 Å². The van der Waals surface area contributed by atoms with Crippen molar-refractivity contribution in [3.8, 4) is 11.5 Å². The molecule has 1 fully saturated rings. The summed E-state index contributed by atoms with van der Waals surface area (Å²) in [5.41, 5.74) is 4.43. The highest BCUT2D eigenvalue weighted by atomic mass is 16.6. The quantitative estimate of drug-likeness (QED) is 0.530. The number of aromatic nitrogens is 1. The Bertz CT molecular complexity index is 1170.